The van der Waals surface area contributed by atoms with Crippen LogP contribution in [-0.4, -0.2) is 33.0 Å². The van der Waals surface area contributed by atoms with E-state index in [2.05, 4.69) is 15.3 Å². The molecule has 0 aliphatic carbocycles. The Balaban J connectivity index is 2.03. The first-order valence-electron chi connectivity index (χ1n) is 5.75. The number of hydrogen-bond donors (Lipinski definition) is 1. The van der Waals surface area contributed by atoms with Gasteiger partial charge in [0, 0.05) is 11.4 Å². The summed E-state index contributed by atoms with van der Waals surface area (Å²) in [5, 5.41) is 4.03. The van der Waals surface area contributed by atoms with Gasteiger partial charge < -0.3 is 5.32 Å². The van der Waals surface area contributed by atoms with E-state index in [0.717, 1.165) is 31.6 Å². The molecular weight excluding hydrogens is 258 g/mol. The molecule has 1 atom stereocenters. The summed E-state index contributed by atoms with van der Waals surface area (Å²) in [5.41, 5.74) is 0.763. The van der Waals surface area contributed by atoms with E-state index in [4.69, 9.17) is 11.6 Å². The van der Waals surface area contributed by atoms with Crippen molar-refractivity contribution in [1.82, 2.24) is 15.3 Å². The van der Waals surface area contributed by atoms with Crippen LogP contribution in [0.25, 0.3) is 0 Å². The van der Waals surface area contributed by atoms with Crippen LogP contribution in [0.3, 0.4) is 0 Å². The lowest BCUT2D eigenvalue weighted by molar-refractivity contribution is 0.405. The lowest BCUT2D eigenvalue weighted by Gasteiger charge is -2.21. The van der Waals surface area contributed by atoms with E-state index in [1.807, 2.05) is 6.92 Å². The second-order valence-corrected chi connectivity index (χ2v) is 6.10. The van der Waals surface area contributed by atoms with Crippen LogP contribution >= 0.6 is 11.6 Å². The average Bonchev–Trinajstić information content (AvgIpc) is 2.29. The van der Waals surface area contributed by atoms with Crippen molar-refractivity contribution in [1.29, 1.82) is 0 Å². The molecule has 1 saturated heterocycles. The fraction of sp³-hybridized carbons (Fsp3) is 0.636. The molecule has 2 rings (SSSR count). The summed E-state index contributed by atoms with van der Waals surface area (Å²) >= 11 is 5.84. The monoisotopic (exact) mass is 273 g/mol. The summed E-state index contributed by atoms with van der Waals surface area (Å²) in [6.07, 6.45) is 2.15. The standard InChI is InChI=1S/C11H16ClN3OS/c1-8-6-10(12)15-11(14-8)17(16)7-9-2-4-13-5-3-9/h6,9,13H,2-5,7H2,1H3. The normalized spacial score (nSPS) is 19.2. The quantitative estimate of drug-likeness (QED) is 0.671. The highest BCUT2D eigenvalue weighted by molar-refractivity contribution is 7.84. The first-order chi connectivity index (χ1) is 8.15. The van der Waals surface area contributed by atoms with Gasteiger partial charge >= 0.3 is 0 Å². The Morgan fingerprint density at radius 3 is 2.82 bits per heavy atom. The molecule has 0 spiro atoms. The Morgan fingerprint density at radius 2 is 2.18 bits per heavy atom. The molecule has 0 aromatic carbocycles. The number of aromatic nitrogens is 2. The van der Waals surface area contributed by atoms with Crippen LogP contribution in [0.4, 0.5) is 0 Å². The number of piperidine rings is 1. The third kappa shape index (κ3) is 3.72. The largest absolute Gasteiger partial charge is 0.317 e. The Morgan fingerprint density at radius 1 is 1.47 bits per heavy atom. The molecule has 1 aromatic heterocycles. The van der Waals surface area contributed by atoms with Crippen LogP contribution in [0.5, 0.6) is 0 Å². The summed E-state index contributed by atoms with van der Waals surface area (Å²) in [4.78, 5) is 8.23. The van der Waals surface area contributed by atoms with Gasteiger partial charge in [-0.3, -0.25) is 4.21 Å². The van der Waals surface area contributed by atoms with Gasteiger partial charge in [0.05, 0.1) is 10.8 Å². The summed E-state index contributed by atoms with van der Waals surface area (Å²) in [6.45, 7) is 3.85. The van der Waals surface area contributed by atoms with E-state index in [1.54, 1.807) is 6.07 Å². The van der Waals surface area contributed by atoms with Crippen LogP contribution in [0.1, 0.15) is 18.5 Å². The molecule has 0 bridgehead atoms. The van der Waals surface area contributed by atoms with E-state index >= 15 is 0 Å². The summed E-state index contributed by atoms with van der Waals surface area (Å²) < 4.78 is 12.1. The predicted molar refractivity (Wildman–Crippen MR) is 68.6 cm³/mol. The second-order valence-electron chi connectivity index (χ2n) is 4.32. The molecule has 2 heterocycles. The Labute approximate surface area is 109 Å². The van der Waals surface area contributed by atoms with Gasteiger partial charge in [-0.2, -0.15) is 0 Å². The third-order valence-electron chi connectivity index (χ3n) is 2.85. The minimum atomic E-state index is -1.14. The molecule has 6 heteroatoms. The van der Waals surface area contributed by atoms with Crippen LogP contribution in [0, 0.1) is 12.8 Å². The lowest BCUT2D eigenvalue weighted by atomic mass is 10.0. The third-order valence-corrected chi connectivity index (χ3v) is 4.41. The molecule has 1 fully saturated rings. The van der Waals surface area contributed by atoms with Crippen molar-refractivity contribution in [3.63, 3.8) is 0 Å². The molecule has 0 saturated carbocycles. The summed E-state index contributed by atoms with van der Waals surface area (Å²) in [5.74, 6) is 1.14. The molecule has 4 nitrogen and oxygen atoms in total. The maximum Gasteiger partial charge on any atom is 0.220 e. The van der Waals surface area contributed by atoms with Gasteiger partial charge in [-0.15, -0.1) is 0 Å². The minimum Gasteiger partial charge on any atom is -0.317 e. The van der Waals surface area contributed by atoms with Gasteiger partial charge in [-0.1, -0.05) is 11.6 Å². The number of nitrogens with zero attached hydrogens (tertiary/aromatic N) is 2. The van der Waals surface area contributed by atoms with E-state index in [0.29, 0.717) is 22.0 Å². The van der Waals surface area contributed by atoms with Crippen molar-refractivity contribution in [2.24, 2.45) is 5.92 Å². The molecule has 0 radical (unpaired) electrons. The van der Waals surface area contributed by atoms with Gasteiger partial charge in [0.1, 0.15) is 5.15 Å². The molecule has 1 aliphatic heterocycles. The highest BCUT2D eigenvalue weighted by Crippen LogP contribution is 2.16. The number of hydrogen-bond acceptors (Lipinski definition) is 4. The van der Waals surface area contributed by atoms with Crippen molar-refractivity contribution in [3.05, 3.63) is 16.9 Å². The zero-order chi connectivity index (χ0) is 12.3. The van der Waals surface area contributed by atoms with E-state index in [9.17, 15) is 4.21 Å². The van der Waals surface area contributed by atoms with E-state index in [1.165, 1.54) is 0 Å². The van der Waals surface area contributed by atoms with Crippen LogP contribution in [0.2, 0.25) is 5.15 Å². The Bertz CT molecular complexity index is 401. The molecule has 17 heavy (non-hydrogen) atoms. The molecule has 94 valence electrons. The van der Waals surface area contributed by atoms with Crippen molar-refractivity contribution in [2.75, 3.05) is 18.8 Å². The van der Waals surface area contributed by atoms with Gasteiger partial charge in [0.25, 0.3) is 0 Å². The smallest absolute Gasteiger partial charge is 0.220 e. The van der Waals surface area contributed by atoms with Crippen molar-refractivity contribution >= 4 is 22.4 Å². The SMILES string of the molecule is Cc1cc(Cl)nc(S(=O)CC2CCNCC2)n1. The second kappa shape index (κ2) is 5.89. The average molecular weight is 274 g/mol. The maximum atomic E-state index is 12.1. The number of halogens is 1. The molecular formula is C11H16ClN3OS. The lowest BCUT2D eigenvalue weighted by Crippen LogP contribution is -2.30. The number of rotatable bonds is 3. The van der Waals surface area contributed by atoms with Crippen molar-refractivity contribution < 1.29 is 4.21 Å². The maximum absolute atomic E-state index is 12.1. The van der Waals surface area contributed by atoms with Crippen LogP contribution < -0.4 is 5.32 Å². The van der Waals surface area contributed by atoms with Crippen LogP contribution in [-0.2, 0) is 10.8 Å². The fourth-order valence-electron chi connectivity index (χ4n) is 1.94. The van der Waals surface area contributed by atoms with Gasteiger partial charge in [-0.05, 0) is 44.8 Å². The summed E-state index contributed by atoms with van der Waals surface area (Å²) in [6, 6.07) is 1.67. The highest BCUT2D eigenvalue weighted by atomic mass is 35.5. The summed E-state index contributed by atoms with van der Waals surface area (Å²) in [7, 11) is -1.14. The van der Waals surface area contributed by atoms with E-state index in [-0.39, 0.29) is 0 Å². The fourth-order valence-corrected chi connectivity index (χ4v) is 3.59. The van der Waals surface area contributed by atoms with Gasteiger partial charge in [-0.25, -0.2) is 9.97 Å². The first-order valence-corrected chi connectivity index (χ1v) is 7.45. The number of aryl methyl sites for hydroxylation is 1. The zero-order valence-corrected chi connectivity index (χ0v) is 11.4. The topological polar surface area (TPSA) is 54.9 Å². The van der Waals surface area contributed by atoms with Gasteiger partial charge in [0.15, 0.2) is 0 Å². The van der Waals surface area contributed by atoms with Crippen molar-refractivity contribution in [3.8, 4) is 0 Å². The Kier molecular flexibility index (Phi) is 4.48. The highest BCUT2D eigenvalue weighted by Gasteiger charge is 2.18. The Hall–Kier alpha value is -0.520. The van der Waals surface area contributed by atoms with Gasteiger partial charge in [0.2, 0.25) is 5.16 Å². The predicted octanol–water partition coefficient (Wildman–Crippen LogP) is 1.55. The molecule has 0 amide bonds. The van der Waals surface area contributed by atoms with Crippen molar-refractivity contribution in [2.45, 2.75) is 24.9 Å². The number of nitrogens with one attached hydrogen (secondary N) is 1. The zero-order valence-electron chi connectivity index (χ0n) is 9.78. The molecule has 1 aromatic rings. The first kappa shape index (κ1) is 12.9. The minimum absolute atomic E-state index is 0.367. The molecule has 1 unspecified atom stereocenters. The van der Waals surface area contributed by atoms with E-state index < -0.39 is 10.8 Å². The van der Waals surface area contributed by atoms with Crippen LogP contribution in [0.15, 0.2) is 11.2 Å². The molecule has 1 N–H and O–H groups in total. The molecule has 1 aliphatic rings.